The molecule has 1 unspecified atom stereocenters. The van der Waals surface area contributed by atoms with E-state index in [1.54, 1.807) is 28.5 Å². The van der Waals surface area contributed by atoms with Gasteiger partial charge in [0.25, 0.3) is 0 Å². The fourth-order valence-corrected chi connectivity index (χ4v) is 4.55. The molecule has 1 N–H and O–H groups in total. The van der Waals surface area contributed by atoms with Crippen LogP contribution >= 0.6 is 11.8 Å². The fraction of sp³-hybridized carbons (Fsp3) is 0.348. The summed E-state index contributed by atoms with van der Waals surface area (Å²) in [6, 6.07) is 13.5. The molecule has 1 saturated heterocycles. The molecular formula is C23H25N3O3S. The van der Waals surface area contributed by atoms with Crippen LogP contribution < -0.4 is 15.1 Å². The summed E-state index contributed by atoms with van der Waals surface area (Å²) in [5.41, 5.74) is 3.51. The predicted octanol–water partition coefficient (Wildman–Crippen LogP) is 3.70. The molecule has 3 amide bonds. The molecule has 2 aliphatic heterocycles. The van der Waals surface area contributed by atoms with Gasteiger partial charge in [0.15, 0.2) is 0 Å². The quantitative estimate of drug-likeness (QED) is 0.762. The minimum Gasteiger partial charge on any atom is -0.326 e. The number of nitrogens with one attached hydrogen (secondary N) is 1. The number of carbonyl (C=O) groups excluding carboxylic acids is 3. The monoisotopic (exact) mass is 423 g/mol. The average Bonchev–Trinajstić information content (AvgIpc) is 3.15. The molecule has 0 bridgehead atoms. The molecule has 2 aromatic rings. The van der Waals surface area contributed by atoms with Crippen LogP contribution in [0.5, 0.6) is 0 Å². The maximum atomic E-state index is 12.8. The van der Waals surface area contributed by atoms with Crippen molar-refractivity contribution >= 4 is 46.5 Å². The van der Waals surface area contributed by atoms with Crippen molar-refractivity contribution in [2.24, 2.45) is 5.92 Å². The molecule has 156 valence electrons. The van der Waals surface area contributed by atoms with Crippen LogP contribution in [0.1, 0.15) is 25.3 Å². The summed E-state index contributed by atoms with van der Waals surface area (Å²) < 4.78 is 0. The highest BCUT2D eigenvalue weighted by Crippen LogP contribution is 2.31. The highest BCUT2D eigenvalue weighted by molar-refractivity contribution is 7.98. The van der Waals surface area contributed by atoms with Crippen LogP contribution in [0.2, 0.25) is 0 Å². The highest BCUT2D eigenvalue weighted by atomic mass is 32.2. The van der Waals surface area contributed by atoms with Crippen molar-refractivity contribution in [2.45, 2.75) is 31.1 Å². The SMILES string of the molecule is CSc1ccc(N2CC(C(=O)Nc3ccc4c(c3)CCCN4C(C)=O)CC2=O)cc1. The predicted molar refractivity (Wildman–Crippen MR) is 120 cm³/mol. The Kier molecular flexibility index (Phi) is 5.81. The van der Waals surface area contributed by atoms with E-state index in [0.717, 1.165) is 41.2 Å². The molecule has 1 atom stereocenters. The van der Waals surface area contributed by atoms with Gasteiger partial charge < -0.3 is 15.1 Å². The van der Waals surface area contributed by atoms with Crippen LogP contribution in [0, 0.1) is 5.92 Å². The topological polar surface area (TPSA) is 69.7 Å². The summed E-state index contributed by atoms with van der Waals surface area (Å²) in [7, 11) is 0. The molecule has 6 nitrogen and oxygen atoms in total. The van der Waals surface area contributed by atoms with Gasteiger partial charge in [-0.15, -0.1) is 11.8 Å². The first-order chi connectivity index (χ1) is 14.5. The lowest BCUT2D eigenvalue weighted by molar-refractivity contribution is -0.122. The van der Waals surface area contributed by atoms with Crippen molar-refractivity contribution in [1.82, 2.24) is 0 Å². The van der Waals surface area contributed by atoms with E-state index in [9.17, 15) is 14.4 Å². The second-order valence-electron chi connectivity index (χ2n) is 7.71. The lowest BCUT2D eigenvalue weighted by Gasteiger charge is -2.29. The zero-order valence-corrected chi connectivity index (χ0v) is 18.0. The second kappa shape index (κ2) is 8.52. The van der Waals surface area contributed by atoms with Gasteiger partial charge in [-0.2, -0.15) is 0 Å². The third kappa shape index (κ3) is 4.07. The van der Waals surface area contributed by atoms with E-state index in [-0.39, 0.29) is 30.1 Å². The van der Waals surface area contributed by atoms with Crippen molar-refractivity contribution in [3.63, 3.8) is 0 Å². The Morgan fingerprint density at radius 3 is 2.60 bits per heavy atom. The van der Waals surface area contributed by atoms with Gasteiger partial charge in [-0.3, -0.25) is 14.4 Å². The Hall–Kier alpha value is -2.80. The lowest BCUT2D eigenvalue weighted by Crippen LogP contribution is -2.33. The van der Waals surface area contributed by atoms with Crippen LogP contribution in [0.4, 0.5) is 17.1 Å². The molecule has 0 saturated carbocycles. The molecule has 7 heteroatoms. The summed E-state index contributed by atoms with van der Waals surface area (Å²) in [5, 5.41) is 2.96. The number of amides is 3. The summed E-state index contributed by atoms with van der Waals surface area (Å²) >= 11 is 1.65. The Morgan fingerprint density at radius 1 is 1.13 bits per heavy atom. The largest absolute Gasteiger partial charge is 0.326 e. The van der Waals surface area contributed by atoms with Gasteiger partial charge >= 0.3 is 0 Å². The van der Waals surface area contributed by atoms with Crippen molar-refractivity contribution in [3.8, 4) is 0 Å². The van der Waals surface area contributed by atoms with E-state index in [2.05, 4.69) is 5.32 Å². The average molecular weight is 424 g/mol. The fourth-order valence-electron chi connectivity index (χ4n) is 4.14. The minimum absolute atomic E-state index is 0.0304. The molecular weight excluding hydrogens is 398 g/mol. The number of rotatable bonds is 4. The van der Waals surface area contributed by atoms with Crippen molar-refractivity contribution in [3.05, 3.63) is 48.0 Å². The maximum Gasteiger partial charge on any atom is 0.229 e. The normalized spacial score (nSPS) is 18.3. The van der Waals surface area contributed by atoms with E-state index in [1.165, 1.54) is 0 Å². The summed E-state index contributed by atoms with van der Waals surface area (Å²) in [5.74, 6) is -0.536. The Bertz CT molecular complexity index is 990. The number of fused-ring (bicyclic) bond motifs is 1. The molecule has 0 aliphatic carbocycles. The number of benzene rings is 2. The maximum absolute atomic E-state index is 12.8. The number of nitrogens with zero attached hydrogens (tertiary/aromatic N) is 2. The van der Waals surface area contributed by atoms with E-state index in [0.29, 0.717) is 12.2 Å². The number of hydrogen-bond donors (Lipinski definition) is 1. The number of hydrogen-bond acceptors (Lipinski definition) is 4. The number of aryl methyl sites for hydroxylation is 1. The highest BCUT2D eigenvalue weighted by Gasteiger charge is 2.35. The van der Waals surface area contributed by atoms with Crippen LogP contribution in [-0.2, 0) is 20.8 Å². The third-order valence-electron chi connectivity index (χ3n) is 5.73. The smallest absolute Gasteiger partial charge is 0.229 e. The molecule has 2 aliphatic rings. The molecule has 0 aromatic heterocycles. The first kappa shape index (κ1) is 20.5. The molecule has 1 fully saturated rings. The Morgan fingerprint density at radius 2 is 1.90 bits per heavy atom. The van der Waals surface area contributed by atoms with E-state index in [4.69, 9.17) is 0 Å². The standard InChI is InChI=1S/C23H25N3O3S/c1-15(27)25-11-3-4-16-12-18(5-10-21(16)25)24-23(29)17-13-22(28)26(14-17)19-6-8-20(30-2)9-7-19/h5-10,12,17H,3-4,11,13-14H2,1-2H3,(H,24,29). The van der Waals surface area contributed by atoms with Gasteiger partial charge in [-0.1, -0.05) is 0 Å². The van der Waals surface area contributed by atoms with Crippen molar-refractivity contribution in [1.29, 1.82) is 0 Å². The number of carbonyl (C=O) groups is 3. The minimum atomic E-state index is -0.387. The molecule has 0 spiro atoms. The first-order valence-corrected chi connectivity index (χ1v) is 11.3. The lowest BCUT2D eigenvalue weighted by atomic mass is 10.0. The van der Waals surface area contributed by atoms with Gasteiger partial charge in [0, 0.05) is 48.4 Å². The van der Waals surface area contributed by atoms with Crippen LogP contribution in [0.25, 0.3) is 0 Å². The van der Waals surface area contributed by atoms with Crippen molar-refractivity contribution in [2.75, 3.05) is 34.5 Å². The van der Waals surface area contributed by atoms with Crippen molar-refractivity contribution < 1.29 is 14.4 Å². The zero-order chi connectivity index (χ0) is 21.3. The van der Waals surface area contributed by atoms with Gasteiger partial charge in [0.05, 0.1) is 5.92 Å². The van der Waals surface area contributed by atoms with Gasteiger partial charge in [-0.05, 0) is 67.1 Å². The van der Waals surface area contributed by atoms with Crippen LogP contribution in [0.3, 0.4) is 0 Å². The Labute approximate surface area is 180 Å². The summed E-state index contributed by atoms with van der Waals surface area (Å²) in [6.45, 7) is 2.68. The second-order valence-corrected chi connectivity index (χ2v) is 8.59. The Balaban J connectivity index is 1.44. The van der Waals surface area contributed by atoms with Gasteiger partial charge in [-0.25, -0.2) is 0 Å². The molecule has 2 heterocycles. The van der Waals surface area contributed by atoms with E-state index < -0.39 is 0 Å². The van der Waals surface area contributed by atoms with E-state index in [1.807, 2.05) is 48.7 Å². The summed E-state index contributed by atoms with van der Waals surface area (Å²) in [4.78, 5) is 41.7. The summed E-state index contributed by atoms with van der Waals surface area (Å²) in [6.07, 6.45) is 4.00. The zero-order valence-electron chi connectivity index (χ0n) is 17.2. The van der Waals surface area contributed by atoms with Gasteiger partial charge in [0.2, 0.25) is 17.7 Å². The number of thioether (sulfide) groups is 1. The van der Waals surface area contributed by atoms with Crippen LogP contribution in [0.15, 0.2) is 47.4 Å². The number of anilines is 3. The van der Waals surface area contributed by atoms with Gasteiger partial charge in [0.1, 0.15) is 0 Å². The molecule has 0 radical (unpaired) electrons. The van der Waals surface area contributed by atoms with E-state index >= 15 is 0 Å². The third-order valence-corrected chi connectivity index (χ3v) is 6.47. The molecule has 2 aromatic carbocycles. The van der Waals surface area contributed by atoms with Crippen LogP contribution in [-0.4, -0.2) is 37.1 Å². The molecule has 30 heavy (non-hydrogen) atoms. The first-order valence-electron chi connectivity index (χ1n) is 10.1. The molecule has 4 rings (SSSR count).